The van der Waals surface area contributed by atoms with Crippen LogP contribution in [0.25, 0.3) is 0 Å². The molecule has 1 N–H and O–H groups in total. The number of aryl methyl sites for hydroxylation is 1. The van der Waals surface area contributed by atoms with E-state index in [-0.39, 0.29) is 5.91 Å². The van der Waals surface area contributed by atoms with Crippen LogP contribution >= 0.6 is 0 Å². The lowest BCUT2D eigenvalue weighted by Gasteiger charge is -2.34. The number of benzene rings is 1. The first-order valence-electron chi connectivity index (χ1n) is 5.81. The van der Waals surface area contributed by atoms with Gasteiger partial charge in [-0.15, -0.1) is 0 Å². The summed E-state index contributed by atoms with van der Waals surface area (Å²) in [5, 5.41) is 2.96. The Morgan fingerprint density at radius 3 is 2.81 bits per heavy atom. The van der Waals surface area contributed by atoms with Crippen molar-refractivity contribution >= 4 is 11.6 Å². The van der Waals surface area contributed by atoms with Gasteiger partial charge >= 0.3 is 0 Å². The first kappa shape index (κ1) is 9.70. The Morgan fingerprint density at radius 2 is 2.06 bits per heavy atom. The molecule has 0 aromatic heterocycles. The topological polar surface area (TPSA) is 38.3 Å². The largest absolute Gasteiger partial charge is 0.475 e. The van der Waals surface area contributed by atoms with Gasteiger partial charge in [0.05, 0.1) is 5.69 Å². The maximum Gasteiger partial charge on any atom is 0.268 e. The van der Waals surface area contributed by atoms with Gasteiger partial charge in [-0.25, -0.2) is 0 Å². The summed E-state index contributed by atoms with van der Waals surface area (Å²) >= 11 is 0. The summed E-state index contributed by atoms with van der Waals surface area (Å²) in [6, 6.07) is 5.88. The lowest BCUT2D eigenvalue weighted by molar-refractivity contribution is -0.131. The minimum absolute atomic E-state index is 0.0290. The Hall–Kier alpha value is -1.51. The Balaban J connectivity index is 2.02. The number of nitrogens with one attached hydrogen (secondary N) is 1. The van der Waals surface area contributed by atoms with Crippen molar-refractivity contribution in [3.8, 4) is 5.75 Å². The molecule has 0 bridgehead atoms. The van der Waals surface area contributed by atoms with E-state index in [1.165, 1.54) is 0 Å². The number of anilines is 1. The van der Waals surface area contributed by atoms with Gasteiger partial charge in [0.2, 0.25) is 0 Å². The van der Waals surface area contributed by atoms with Gasteiger partial charge in [-0.05, 0) is 50.3 Å². The highest BCUT2D eigenvalue weighted by molar-refractivity contribution is 6.01. The van der Waals surface area contributed by atoms with Crippen LogP contribution in [0.5, 0.6) is 5.75 Å². The normalized spacial score (nSPS) is 21.4. The van der Waals surface area contributed by atoms with E-state index in [2.05, 4.69) is 5.32 Å². The van der Waals surface area contributed by atoms with Gasteiger partial charge in [-0.1, -0.05) is 6.07 Å². The van der Waals surface area contributed by atoms with Gasteiger partial charge < -0.3 is 10.1 Å². The van der Waals surface area contributed by atoms with Crippen molar-refractivity contribution in [3.63, 3.8) is 0 Å². The molecule has 0 saturated heterocycles. The predicted molar refractivity (Wildman–Crippen MR) is 61.6 cm³/mol. The third-order valence-corrected chi connectivity index (χ3v) is 3.52. The van der Waals surface area contributed by atoms with Crippen molar-refractivity contribution in [2.24, 2.45) is 0 Å². The SMILES string of the molecule is Cc1ccc2c(c1)OC1(CCCC1)C(=O)N2. The van der Waals surface area contributed by atoms with E-state index in [0.717, 1.165) is 42.7 Å². The quantitative estimate of drug-likeness (QED) is 0.725. The van der Waals surface area contributed by atoms with Crippen LogP contribution in [0.4, 0.5) is 5.69 Å². The van der Waals surface area contributed by atoms with Gasteiger partial charge in [0, 0.05) is 0 Å². The number of fused-ring (bicyclic) bond motifs is 1. The Kier molecular flexibility index (Phi) is 1.96. The molecule has 2 aliphatic rings. The van der Waals surface area contributed by atoms with E-state index in [9.17, 15) is 4.79 Å². The Labute approximate surface area is 94.8 Å². The fourth-order valence-electron chi connectivity index (χ4n) is 2.59. The highest BCUT2D eigenvalue weighted by Gasteiger charge is 2.46. The van der Waals surface area contributed by atoms with Crippen molar-refractivity contribution in [3.05, 3.63) is 23.8 Å². The van der Waals surface area contributed by atoms with Gasteiger partial charge in [0.1, 0.15) is 5.75 Å². The second-order valence-corrected chi connectivity index (χ2v) is 4.76. The summed E-state index contributed by atoms with van der Waals surface area (Å²) in [4.78, 5) is 12.0. The van der Waals surface area contributed by atoms with E-state index >= 15 is 0 Å². The smallest absolute Gasteiger partial charge is 0.268 e. The van der Waals surface area contributed by atoms with Crippen LogP contribution in [-0.4, -0.2) is 11.5 Å². The van der Waals surface area contributed by atoms with Crippen molar-refractivity contribution in [2.75, 3.05) is 5.32 Å². The van der Waals surface area contributed by atoms with E-state index in [4.69, 9.17) is 4.74 Å². The fraction of sp³-hybridized carbons (Fsp3) is 0.462. The third-order valence-electron chi connectivity index (χ3n) is 3.52. The second-order valence-electron chi connectivity index (χ2n) is 4.76. The van der Waals surface area contributed by atoms with Gasteiger partial charge in [-0.2, -0.15) is 0 Å². The van der Waals surface area contributed by atoms with Crippen LogP contribution in [0.3, 0.4) is 0 Å². The molecule has 0 unspecified atom stereocenters. The number of hydrogen-bond acceptors (Lipinski definition) is 2. The maximum atomic E-state index is 12.0. The molecule has 1 saturated carbocycles. The zero-order chi connectivity index (χ0) is 11.2. The summed E-state index contributed by atoms with van der Waals surface area (Å²) in [6.45, 7) is 2.03. The van der Waals surface area contributed by atoms with Gasteiger partial charge in [0.15, 0.2) is 5.60 Å². The molecule has 1 aromatic rings. The predicted octanol–water partition coefficient (Wildman–Crippen LogP) is 2.64. The molecule has 1 spiro atoms. The molecule has 16 heavy (non-hydrogen) atoms. The highest BCUT2D eigenvalue weighted by Crippen LogP contribution is 2.42. The zero-order valence-electron chi connectivity index (χ0n) is 9.38. The lowest BCUT2D eigenvalue weighted by atomic mass is 9.98. The van der Waals surface area contributed by atoms with E-state index in [1.54, 1.807) is 0 Å². The minimum atomic E-state index is -0.583. The number of hydrogen-bond donors (Lipinski definition) is 1. The average Bonchev–Trinajstić information content (AvgIpc) is 2.70. The van der Waals surface area contributed by atoms with Gasteiger partial charge in [-0.3, -0.25) is 4.79 Å². The molecule has 1 aliphatic carbocycles. The molecule has 1 aromatic carbocycles. The molecule has 3 nitrogen and oxygen atoms in total. The number of carbonyl (C=O) groups excluding carboxylic acids is 1. The summed E-state index contributed by atoms with van der Waals surface area (Å²) in [5.41, 5.74) is 1.37. The van der Waals surface area contributed by atoms with E-state index in [0.29, 0.717) is 0 Å². The van der Waals surface area contributed by atoms with Crippen molar-refractivity contribution in [2.45, 2.75) is 38.2 Å². The van der Waals surface area contributed by atoms with Crippen LogP contribution in [0.1, 0.15) is 31.2 Å². The molecule has 0 radical (unpaired) electrons. The minimum Gasteiger partial charge on any atom is -0.475 e. The van der Waals surface area contributed by atoms with Crippen molar-refractivity contribution in [1.29, 1.82) is 0 Å². The first-order chi connectivity index (χ1) is 7.70. The molecule has 3 heteroatoms. The first-order valence-corrected chi connectivity index (χ1v) is 5.81. The van der Waals surface area contributed by atoms with E-state index < -0.39 is 5.60 Å². The average molecular weight is 217 g/mol. The maximum absolute atomic E-state index is 12.0. The van der Waals surface area contributed by atoms with Gasteiger partial charge in [0.25, 0.3) is 5.91 Å². The Bertz CT molecular complexity index is 447. The molecule has 1 aliphatic heterocycles. The molecule has 1 heterocycles. The molecular weight excluding hydrogens is 202 g/mol. The molecular formula is C13H15NO2. The molecule has 1 fully saturated rings. The summed E-state index contributed by atoms with van der Waals surface area (Å²) in [6.07, 6.45) is 3.83. The molecule has 3 rings (SSSR count). The number of ether oxygens (including phenoxy) is 1. The highest BCUT2D eigenvalue weighted by atomic mass is 16.5. The van der Waals surface area contributed by atoms with Crippen LogP contribution in [0.15, 0.2) is 18.2 Å². The van der Waals surface area contributed by atoms with Crippen molar-refractivity contribution in [1.82, 2.24) is 0 Å². The van der Waals surface area contributed by atoms with Crippen LogP contribution in [0.2, 0.25) is 0 Å². The van der Waals surface area contributed by atoms with Crippen LogP contribution in [-0.2, 0) is 4.79 Å². The van der Waals surface area contributed by atoms with Crippen LogP contribution in [0, 0.1) is 6.92 Å². The van der Waals surface area contributed by atoms with E-state index in [1.807, 2.05) is 25.1 Å². The summed E-state index contributed by atoms with van der Waals surface area (Å²) in [7, 11) is 0. The molecule has 0 atom stereocenters. The molecule has 1 amide bonds. The fourth-order valence-corrected chi connectivity index (χ4v) is 2.59. The second kappa shape index (κ2) is 3.24. The standard InChI is InChI=1S/C13H15NO2/c1-9-4-5-10-11(8-9)16-13(12(15)14-10)6-2-3-7-13/h4-5,8H,2-3,6-7H2,1H3,(H,14,15). The number of amides is 1. The zero-order valence-corrected chi connectivity index (χ0v) is 9.38. The summed E-state index contributed by atoms with van der Waals surface area (Å²) in [5.74, 6) is 0.850. The lowest BCUT2D eigenvalue weighted by Crippen LogP contribution is -2.48. The van der Waals surface area contributed by atoms with Crippen molar-refractivity contribution < 1.29 is 9.53 Å². The third kappa shape index (κ3) is 1.31. The molecule has 84 valence electrons. The monoisotopic (exact) mass is 217 g/mol. The number of carbonyl (C=O) groups is 1. The van der Waals surface area contributed by atoms with Crippen LogP contribution < -0.4 is 10.1 Å². The summed E-state index contributed by atoms with van der Waals surface area (Å²) < 4.78 is 5.96. The number of rotatable bonds is 0. The Morgan fingerprint density at radius 1 is 1.31 bits per heavy atom.